The molecule has 0 saturated carbocycles. The summed E-state index contributed by atoms with van der Waals surface area (Å²) in [7, 11) is -1.27. The molecule has 4 aromatic rings. The zero-order valence-electron chi connectivity index (χ0n) is 27.4. The lowest BCUT2D eigenvalue weighted by molar-refractivity contribution is -0.146. The minimum atomic E-state index is -2.85. The summed E-state index contributed by atoms with van der Waals surface area (Å²) in [5.74, 6) is -0.0982. The van der Waals surface area contributed by atoms with Crippen LogP contribution in [0, 0.1) is 5.92 Å². The Bertz CT molecular complexity index is 1790. The number of fused-ring (bicyclic) bond motifs is 2. The van der Waals surface area contributed by atoms with E-state index in [4.69, 9.17) is 21.1 Å². The number of halogens is 1. The van der Waals surface area contributed by atoms with Crippen LogP contribution in [-0.4, -0.2) is 64.8 Å². The smallest absolute Gasteiger partial charge is 0.264 e. The molecule has 2 aliphatic heterocycles. The number of aliphatic hydroxyl groups is 1. The number of aryl methyl sites for hydroxylation is 1. The molecule has 0 radical (unpaired) electrons. The van der Waals surface area contributed by atoms with Crippen molar-refractivity contribution in [3.05, 3.63) is 100 Å². The summed E-state index contributed by atoms with van der Waals surface area (Å²) < 4.78 is 13.8. The molecule has 48 heavy (non-hydrogen) atoms. The Morgan fingerprint density at radius 3 is 2.52 bits per heavy atom. The van der Waals surface area contributed by atoms with Crippen LogP contribution in [-0.2, 0) is 34.6 Å². The molecule has 1 spiro atoms. The number of ether oxygens (including phenoxy) is 2. The van der Waals surface area contributed by atoms with Crippen molar-refractivity contribution >= 4 is 43.1 Å². The van der Waals surface area contributed by atoms with E-state index >= 15 is 0 Å². The quantitative estimate of drug-likeness (QED) is 0.184. The molecule has 1 aromatic heterocycles. The van der Waals surface area contributed by atoms with Crippen molar-refractivity contribution in [2.75, 3.05) is 23.9 Å². The standard InChI is InChI=1S/C35H40ClN5O6Si/c1-22-32(48(3,4)45)31(15-17-40-21-27(16-18-42)38-39-40)47-35(22)29-19-25(36)9-14-30(29)41(34(35)44)20-23-5-10-26(11-6-23)37-33(43)24-7-12-28(46-2)13-8-24/h5-14,19,21-22,31-32,42,45H,15-18,20H2,1-4H3,(H,37,43)/t22-,31+,32-,35+/m0/s1. The average molecular weight is 690 g/mol. The number of rotatable bonds is 11. The van der Waals surface area contributed by atoms with Crippen LogP contribution in [0.25, 0.3) is 0 Å². The fraction of sp³-hybridized carbons (Fsp3) is 0.371. The molecule has 1 saturated heterocycles. The highest BCUT2D eigenvalue weighted by Gasteiger charge is 2.66. The Morgan fingerprint density at radius 2 is 1.85 bits per heavy atom. The minimum Gasteiger partial charge on any atom is -0.497 e. The number of carbonyl (C=O) groups is 2. The van der Waals surface area contributed by atoms with E-state index in [9.17, 15) is 19.5 Å². The SMILES string of the molecule is COc1ccc(C(=O)Nc2ccc(CN3C(=O)[C@]4(O[C@H](CCn5cc(CCO)nn5)[C@@H]([Si](C)(C)O)[C@@H]4C)c4cc(Cl)ccc43)cc2)cc1. The number of hydrogen-bond donors (Lipinski definition) is 3. The number of nitrogens with one attached hydrogen (secondary N) is 1. The van der Waals surface area contributed by atoms with Crippen LogP contribution in [0.2, 0.25) is 23.7 Å². The van der Waals surface area contributed by atoms with Gasteiger partial charge in [0.1, 0.15) is 5.75 Å². The van der Waals surface area contributed by atoms with Crippen molar-refractivity contribution in [3.63, 3.8) is 0 Å². The number of nitrogens with zero attached hydrogens (tertiary/aromatic N) is 4. The molecule has 0 bridgehead atoms. The summed E-state index contributed by atoms with van der Waals surface area (Å²) in [6, 6.07) is 19.7. The van der Waals surface area contributed by atoms with Crippen LogP contribution in [0.3, 0.4) is 0 Å². The Hall–Kier alpha value is -4.07. The third kappa shape index (κ3) is 6.38. The molecule has 6 rings (SSSR count). The fourth-order valence-electron chi connectivity index (χ4n) is 7.23. The van der Waals surface area contributed by atoms with E-state index in [-0.39, 0.29) is 36.4 Å². The molecular formula is C35H40ClN5O6Si. The molecular weight excluding hydrogens is 650 g/mol. The van der Waals surface area contributed by atoms with Crippen LogP contribution in [0.15, 0.2) is 72.9 Å². The molecule has 4 atom stereocenters. The van der Waals surface area contributed by atoms with Gasteiger partial charge in [0.05, 0.1) is 31.1 Å². The van der Waals surface area contributed by atoms with Gasteiger partial charge in [0.2, 0.25) is 0 Å². The molecule has 3 N–H and O–H groups in total. The second-order valence-corrected chi connectivity index (χ2v) is 17.4. The first-order valence-electron chi connectivity index (χ1n) is 16.0. The first-order valence-corrected chi connectivity index (χ1v) is 19.4. The van der Waals surface area contributed by atoms with Gasteiger partial charge in [-0.1, -0.05) is 35.9 Å². The Morgan fingerprint density at radius 1 is 1.12 bits per heavy atom. The Balaban J connectivity index is 1.24. The Kier molecular flexibility index (Phi) is 9.47. The van der Waals surface area contributed by atoms with Crippen molar-refractivity contribution in [1.82, 2.24) is 15.0 Å². The van der Waals surface area contributed by atoms with Gasteiger partial charge in [0.15, 0.2) is 13.9 Å². The van der Waals surface area contributed by atoms with E-state index in [0.29, 0.717) is 52.7 Å². The van der Waals surface area contributed by atoms with Crippen LogP contribution in [0.1, 0.15) is 40.5 Å². The fourth-order valence-corrected chi connectivity index (χ4v) is 10.0. The van der Waals surface area contributed by atoms with Crippen LogP contribution in [0.4, 0.5) is 11.4 Å². The molecule has 0 unspecified atom stereocenters. The van der Waals surface area contributed by atoms with Gasteiger partial charge in [-0.15, -0.1) is 5.10 Å². The summed E-state index contributed by atoms with van der Waals surface area (Å²) in [6.07, 6.45) is 2.32. The lowest BCUT2D eigenvalue weighted by Gasteiger charge is -2.32. The van der Waals surface area contributed by atoms with Gasteiger partial charge in [-0.3, -0.25) is 14.3 Å². The van der Waals surface area contributed by atoms with Crippen molar-refractivity contribution < 1.29 is 29.0 Å². The second-order valence-electron chi connectivity index (χ2n) is 13.0. The van der Waals surface area contributed by atoms with Gasteiger partial charge < -0.3 is 29.6 Å². The highest BCUT2D eigenvalue weighted by Crippen LogP contribution is 2.60. The van der Waals surface area contributed by atoms with Crippen LogP contribution in [0.5, 0.6) is 5.75 Å². The van der Waals surface area contributed by atoms with Gasteiger partial charge in [0, 0.05) is 59.1 Å². The van der Waals surface area contributed by atoms with Crippen LogP contribution >= 0.6 is 11.6 Å². The Labute approximate surface area is 285 Å². The molecule has 2 aliphatic rings. The van der Waals surface area contributed by atoms with E-state index in [1.54, 1.807) is 53.2 Å². The third-order valence-electron chi connectivity index (χ3n) is 9.45. The predicted molar refractivity (Wildman–Crippen MR) is 185 cm³/mol. The van der Waals surface area contributed by atoms with Crippen LogP contribution < -0.4 is 15.0 Å². The number of anilines is 2. The van der Waals surface area contributed by atoms with Gasteiger partial charge in [-0.05, 0) is 79.7 Å². The van der Waals surface area contributed by atoms with E-state index < -0.39 is 20.0 Å². The summed E-state index contributed by atoms with van der Waals surface area (Å²) in [5.41, 5.74) is 2.54. The normalized spacial score (nSPS) is 21.9. The summed E-state index contributed by atoms with van der Waals surface area (Å²) in [5, 5.41) is 21.0. The maximum Gasteiger partial charge on any atom is 0.264 e. The molecule has 252 valence electrons. The summed E-state index contributed by atoms with van der Waals surface area (Å²) in [4.78, 5) is 40.7. The molecule has 11 nitrogen and oxygen atoms in total. The molecule has 3 aromatic carbocycles. The second kappa shape index (κ2) is 13.4. The maximum atomic E-state index is 14.7. The zero-order chi connectivity index (χ0) is 34.2. The first-order chi connectivity index (χ1) is 22.9. The average Bonchev–Trinajstić information content (AvgIpc) is 3.70. The van der Waals surface area contributed by atoms with Gasteiger partial charge in [-0.25, -0.2) is 0 Å². The monoisotopic (exact) mass is 689 g/mol. The van der Waals surface area contributed by atoms with Gasteiger partial charge in [0.25, 0.3) is 11.8 Å². The molecule has 13 heteroatoms. The lowest BCUT2D eigenvalue weighted by atomic mass is 9.82. The largest absolute Gasteiger partial charge is 0.497 e. The van der Waals surface area contributed by atoms with E-state index in [0.717, 1.165) is 11.3 Å². The lowest BCUT2D eigenvalue weighted by Crippen LogP contribution is -2.46. The number of hydrogen-bond acceptors (Lipinski definition) is 8. The number of methoxy groups -OCH3 is 1. The topological polar surface area (TPSA) is 139 Å². The number of carbonyl (C=O) groups excluding carboxylic acids is 2. The maximum absolute atomic E-state index is 14.7. The number of aromatic nitrogens is 3. The van der Waals surface area contributed by atoms with E-state index in [2.05, 4.69) is 15.6 Å². The van der Waals surface area contributed by atoms with Crippen molar-refractivity contribution in [3.8, 4) is 5.75 Å². The summed E-state index contributed by atoms with van der Waals surface area (Å²) >= 11 is 6.54. The van der Waals surface area contributed by atoms with Gasteiger partial charge >= 0.3 is 0 Å². The predicted octanol–water partition coefficient (Wildman–Crippen LogP) is 5.16. The zero-order valence-corrected chi connectivity index (χ0v) is 29.1. The minimum absolute atomic E-state index is 0.0112. The van der Waals surface area contributed by atoms with Crippen molar-refractivity contribution in [1.29, 1.82) is 0 Å². The highest BCUT2D eigenvalue weighted by atomic mass is 35.5. The van der Waals surface area contributed by atoms with Crippen molar-refractivity contribution in [2.45, 2.75) is 63.2 Å². The van der Waals surface area contributed by atoms with Gasteiger partial charge in [-0.2, -0.15) is 0 Å². The molecule has 1 fully saturated rings. The number of amides is 2. The molecule has 0 aliphatic carbocycles. The van der Waals surface area contributed by atoms with E-state index in [1.807, 2.05) is 56.4 Å². The molecule has 2 amide bonds. The highest BCUT2D eigenvalue weighted by molar-refractivity contribution is 6.71. The van der Waals surface area contributed by atoms with Crippen molar-refractivity contribution in [2.24, 2.45) is 5.92 Å². The number of aliphatic hydroxyl groups excluding tert-OH is 1. The molecule has 3 heterocycles. The van der Waals surface area contributed by atoms with E-state index in [1.165, 1.54) is 0 Å². The number of benzene rings is 3. The third-order valence-corrected chi connectivity index (χ3v) is 12.2. The summed E-state index contributed by atoms with van der Waals surface area (Å²) in [6.45, 7) is 6.53. The first kappa shape index (κ1) is 33.8.